The zero-order valence-corrected chi connectivity index (χ0v) is 11.6. The first kappa shape index (κ1) is 15.5. The van der Waals surface area contributed by atoms with E-state index >= 15 is 0 Å². The maximum Gasteiger partial charge on any atom is 0.321 e. The summed E-state index contributed by atoms with van der Waals surface area (Å²) >= 11 is 1.22. The van der Waals surface area contributed by atoms with Crippen molar-refractivity contribution in [2.24, 2.45) is 5.73 Å². The predicted molar refractivity (Wildman–Crippen MR) is 76.0 cm³/mol. The summed E-state index contributed by atoms with van der Waals surface area (Å²) < 4.78 is 0. The fourth-order valence-corrected chi connectivity index (χ4v) is 2.11. The molecule has 0 aliphatic rings. The topological polar surface area (TPSA) is 92.4 Å². The van der Waals surface area contributed by atoms with Crippen LogP contribution in [0.4, 0.5) is 0 Å². The van der Waals surface area contributed by atoms with Gasteiger partial charge in [0.05, 0.1) is 5.75 Å². The fourth-order valence-electron chi connectivity index (χ4n) is 1.31. The Morgan fingerprint density at radius 1 is 1.37 bits per heavy atom. The molecule has 0 saturated carbocycles. The zero-order chi connectivity index (χ0) is 14.3. The molecule has 0 aliphatic heterocycles. The number of carbonyl (C=O) groups excluding carboxylic acids is 1. The average molecular weight is 282 g/mol. The molecule has 0 unspecified atom stereocenters. The molecule has 4 N–H and O–H groups in total. The summed E-state index contributed by atoms with van der Waals surface area (Å²) in [5, 5.41) is 11.4. The number of carboxylic acid groups (broad SMARTS) is 1. The quantitative estimate of drug-likeness (QED) is 0.686. The zero-order valence-electron chi connectivity index (χ0n) is 10.8. The first-order chi connectivity index (χ1) is 8.99. The van der Waals surface area contributed by atoms with Gasteiger partial charge in [-0.1, -0.05) is 29.8 Å². The van der Waals surface area contributed by atoms with Gasteiger partial charge in [-0.3, -0.25) is 9.59 Å². The highest BCUT2D eigenvalue weighted by Crippen LogP contribution is 2.04. The third-order valence-corrected chi connectivity index (χ3v) is 3.52. The van der Waals surface area contributed by atoms with Gasteiger partial charge in [0.25, 0.3) is 0 Å². The SMILES string of the molecule is Cc1ccc(CNC(=O)CSC[C@H](N)C(=O)O)cc1. The van der Waals surface area contributed by atoms with E-state index in [-0.39, 0.29) is 17.4 Å². The lowest BCUT2D eigenvalue weighted by Crippen LogP contribution is -2.33. The van der Waals surface area contributed by atoms with Crippen LogP contribution in [0.5, 0.6) is 0 Å². The summed E-state index contributed by atoms with van der Waals surface area (Å²) in [5.41, 5.74) is 7.54. The van der Waals surface area contributed by atoms with Gasteiger partial charge in [-0.25, -0.2) is 0 Å². The van der Waals surface area contributed by atoms with E-state index in [2.05, 4.69) is 5.32 Å². The largest absolute Gasteiger partial charge is 0.480 e. The van der Waals surface area contributed by atoms with Crippen LogP contribution >= 0.6 is 11.8 Å². The van der Waals surface area contributed by atoms with E-state index in [1.54, 1.807) is 0 Å². The van der Waals surface area contributed by atoms with Gasteiger partial charge in [0, 0.05) is 12.3 Å². The maximum absolute atomic E-state index is 11.5. The highest BCUT2D eigenvalue weighted by molar-refractivity contribution is 8.00. The Balaban J connectivity index is 2.21. The van der Waals surface area contributed by atoms with E-state index in [0.717, 1.165) is 5.56 Å². The third-order valence-electron chi connectivity index (χ3n) is 2.46. The minimum atomic E-state index is -1.05. The Hall–Kier alpha value is -1.53. The van der Waals surface area contributed by atoms with Gasteiger partial charge < -0.3 is 16.2 Å². The van der Waals surface area contributed by atoms with Crippen LogP contribution in [0.3, 0.4) is 0 Å². The molecular formula is C13H18N2O3S. The van der Waals surface area contributed by atoms with Gasteiger partial charge in [-0.15, -0.1) is 11.8 Å². The molecule has 0 radical (unpaired) electrons. The van der Waals surface area contributed by atoms with Gasteiger partial charge in [-0.2, -0.15) is 0 Å². The van der Waals surface area contributed by atoms with E-state index in [1.807, 2.05) is 31.2 Å². The second-order valence-electron chi connectivity index (χ2n) is 4.22. The Morgan fingerprint density at radius 3 is 2.58 bits per heavy atom. The van der Waals surface area contributed by atoms with Crippen molar-refractivity contribution < 1.29 is 14.7 Å². The smallest absolute Gasteiger partial charge is 0.321 e. The van der Waals surface area contributed by atoms with Crippen LogP contribution in [0, 0.1) is 6.92 Å². The molecule has 1 atom stereocenters. The minimum absolute atomic E-state index is 0.122. The van der Waals surface area contributed by atoms with Crippen LogP contribution in [0.1, 0.15) is 11.1 Å². The number of carbonyl (C=O) groups is 2. The number of nitrogens with one attached hydrogen (secondary N) is 1. The van der Waals surface area contributed by atoms with Gasteiger partial charge in [0.15, 0.2) is 0 Å². The molecule has 1 amide bonds. The summed E-state index contributed by atoms with van der Waals surface area (Å²) in [6.07, 6.45) is 0. The Bertz CT molecular complexity index is 434. The van der Waals surface area contributed by atoms with Crippen molar-refractivity contribution in [3.05, 3.63) is 35.4 Å². The van der Waals surface area contributed by atoms with Crippen LogP contribution in [0.2, 0.25) is 0 Å². The Labute approximate surface area is 116 Å². The van der Waals surface area contributed by atoms with Gasteiger partial charge in [0.1, 0.15) is 6.04 Å². The van der Waals surface area contributed by atoms with Crippen LogP contribution in [-0.2, 0) is 16.1 Å². The molecule has 5 nitrogen and oxygen atoms in total. The van der Waals surface area contributed by atoms with E-state index in [4.69, 9.17) is 10.8 Å². The normalized spacial score (nSPS) is 11.9. The first-order valence-electron chi connectivity index (χ1n) is 5.87. The second-order valence-corrected chi connectivity index (χ2v) is 5.25. The van der Waals surface area contributed by atoms with Crippen molar-refractivity contribution in [1.82, 2.24) is 5.32 Å². The molecular weight excluding hydrogens is 264 g/mol. The Kier molecular flexibility index (Phi) is 6.38. The number of nitrogens with two attached hydrogens (primary N) is 1. The standard InChI is InChI=1S/C13H18N2O3S/c1-9-2-4-10(5-3-9)6-15-12(16)8-19-7-11(14)13(17)18/h2-5,11H,6-8,14H2,1H3,(H,15,16)(H,17,18)/t11-/m0/s1. The predicted octanol–water partition coefficient (Wildman–Crippen LogP) is 0.756. The molecule has 6 heteroatoms. The number of amides is 1. The van der Waals surface area contributed by atoms with Crippen molar-refractivity contribution >= 4 is 23.6 Å². The van der Waals surface area contributed by atoms with Crippen molar-refractivity contribution in [2.45, 2.75) is 19.5 Å². The molecule has 0 bridgehead atoms. The van der Waals surface area contributed by atoms with E-state index in [9.17, 15) is 9.59 Å². The van der Waals surface area contributed by atoms with Crippen molar-refractivity contribution in [3.8, 4) is 0 Å². The van der Waals surface area contributed by atoms with E-state index in [1.165, 1.54) is 17.3 Å². The number of thioether (sulfide) groups is 1. The minimum Gasteiger partial charge on any atom is -0.480 e. The number of aliphatic carboxylic acids is 1. The molecule has 1 aromatic rings. The van der Waals surface area contributed by atoms with Crippen LogP contribution < -0.4 is 11.1 Å². The number of hydrogen-bond donors (Lipinski definition) is 3. The van der Waals surface area contributed by atoms with Crippen LogP contribution in [-0.4, -0.2) is 34.5 Å². The van der Waals surface area contributed by atoms with Gasteiger partial charge >= 0.3 is 5.97 Å². The molecule has 1 rings (SSSR count). The maximum atomic E-state index is 11.5. The molecule has 104 valence electrons. The highest BCUT2D eigenvalue weighted by atomic mass is 32.2. The number of carboxylic acids is 1. The van der Waals surface area contributed by atoms with Crippen LogP contribution in [0.15, 0.2) is 24.3 Å². The summed E-state index contributed by atoms with van der Waals surface area (Å²) in [6.45, 7) is 2.48. The molecule has 1 aromatic carbocycles. The molecule has 0 fully saturated rings. The second kappa shape index (κ2) is 7.81. The molecule has 19 heavy (non-hydrogen) atoms. The summed E-state index contributed by atoms with van der Waals surface area (Å²) in [4.78, 5) is 22.0. The number of aryl methyl sites for hydroxylation is 1. The first-order valence-corrected chi connectivity index (χ1v) is 7.03. The van der Waals surface area contributed by atoms with E-state index < -0.39 is 12.0 Å². The summed E-state index contributed by atoms with van der Waals surface area (Å²) in [5.74, 6) is -0.726. The lowest BCUT2D eigenvalue weighted by Gasteiger charge is -2.07. The molecule has 0 heterocycles. The summed E-state index contributed by atoms with van der Waals surface area (Å²) in [6, 6.07) is 6.98. The van der Waals surface area contributed by atoms with Gasteiger partial charge in [-0.05, 0) is 12.5 Å². The van der Waals surface area contributed by atoms with Crippen molar-refractivity contribution in [3.63, 3.8) is 0 Å². The molecule has 0 spiro atoms. The monoisotopic (exact) mass is 282 g/mol. The lowest BCUT2D eigenvalue weighted by atomic mass is 10.1. The van der Waals surface area contributed by atoms with Gasteiger partial charge in [0.2, 0.25) is 5.91 Å². The van der Waals surface area contributed by atoms with Crippen LogP contribution in [0.25, 0.3) is 0 Å². The molecule has 0 aliphatic carbocycles. The van der Waals surface area contributed by atoms with E-state index in [0.29, 0.717) is 6.54 Å². The number of hydrogen-bond acceptors (Lipinski definition) is 4. The highest BCUT2D eigenvalue weighted by Gasteiger charge is 2.12. The third kappa shape index (κ3) is 6.26. The number of benzene rings is 1. The van der Waals surface area contributed by atoms with Crippen molar-refractivity contribution in [2.75, 3.05) is 11.5 Å². The average Bonchev–Trinajstić information content (AvgIpc) is 2.37. The van der Waals surface area contributed by atoms with Crippen molar-refractivity contribution in [1.29, 1.82) is 0 Å². The fraction of sp³-hybridized carbons (Fsp3) is 0.385. The Morgan fingerprint density at radius 2 is 2.00 bits per heavy atom. The number of rotatable bonds is 7. The molecule has 0 saturated heterocycles. The lowest BCUT2D eigenvalue weighted by molar-refractivity contribution is -0.138. The summed E-state index contributed by atoms with van der Waals surface area (Å²) in [7, 11) is 0. The molecule has 0 aromatic heterocycles.